The summed E-state index contributed by atoms with van der Waals surface area (Å²) in [6, 6.07) is 1.28. The molecule has 1 saturated heterocycles. The lowest BCUT2D eigenvalue weighted by atomic mass is 10.2. The molecule has 22 heavy (non-hydrogen) atoms. The van der Waals surface area contributed by atoms with Crippen molar-refractivity contribution in [1.82, 2.24) is 9.58 Å². The van der Waals surface area contributed by atoms with Crippen molar-refractivity contribution in [2.75, 3.05) is 31.8 Å². The Morgan fingerprint density at radius 3 is 2.95 bits per heavy atom. The highest BCUT2D eigenvalue weighted by atomic mass is 16.5. The third-order valence-electron chi connectivity index (χ3n) is 3.88. The molecule has 1 amide bonds. The Morgan fingerprint density at radius 1 is 1.45 bits per heavy atom. The number of likely N-dealkylation sites (N-methyl/N-ethyl adjacent to an activating group) is 1. The number of hydrogen-bond acceptors (Lipinski definition) is 6. The molecule has 1 aromatic rings. The molecule has 0 bridgehead atoms. The van der Waals surface area contributed by atoms with Gasteiger partial charge in [-0.3, -0.25) is 24.1 Å². The summed E-state index contributed by atoms with van der Waals surface area (Å²) in [6.45, 7) is 2.88. The van der Waals surface area contributed by atoms with E-state index in [4.69, 9.17) is 9.47 Å². The Labute approximate surface area is 126 Å². The minimum Gasteiger partial charge on any atom is -0.420 e. The fourth-order valence-corrected chi connectivity index (χ4v) is 2.67. The predicted molar refractivity (Wildman–Crippen MR) is 76.4 cm³/mol. The molecule has 1 aromatic heterocycles. The minimum atomic E-state index is -0.550. The van der Waals surface area contributed by atoms with Crippen molar-refractivity contribution in [2.45, 2.75) is 19.5 Å². The second-order valence-corrected chi connectivity index (χ2v) is 5.16. The fourth-order valence-electron chi connectivity index (χ4n) is 2.67. The number of amides is 1. The molecule has 0 saturated carbocycles. The van der Waals surface area contributed by atoms with E-state index in [1.54, 1.807) is 23.9 Å². The number of morpholine rings is 1. The molecule has 3 heterocycles. The van der Waals surface area contributed by atoms with Crippen molar-refractivity contribution in [2.24, 2.45) is 0 Å². The molecule has 0 aliphatic carbocycles. The SMILES string of the molecule is CCC(=O)Oc1c2n(ccc1=O)N(C)[C@@H]1COCCN1C2=O. The number of pyridine rings is 1. The Bertz CT molecular complexity index is 684. The lowest BCUT2D eigenvalue weighted by Crippen LogP contribution is -2.64. The number of carbonyl (C=O) groups is 2. The normalized spacial score (nSPS) is 20.5. The minimum absolute atomic E-state index is 0.0787. The molecule has 0 N–H and O–H groups in total. The molecule has 0 radical (unpaired) electrons. The Kier molecular flexibility index (Phi) is 3.61. The molecule has 2 aliphatic rings. The molecular formula is C14H17N3O5. The van der Waals surface area contributed by atoms with Crippen LogP contribution in [0.3, 0.4) is 0 Å². The van der Waals surface area contributed by atoms with Crippen molar-refractivity contribution < 1.29 is 19.1 Å². The Hall–Kier alpha value is -2.35. The number of esters is 1. The van der Waals surface area contributed by atoms with E-state index in [1.165, 1.54) is 16.9 Å². The van der Waals surface area contributed by atoms with Crippen LogP contribution in [0.15, 0.2) is 17.1 Å². The maximum absolute atomic E-state index is 12.7. The van der Waals surface area contributed by atoms with Gasteiger partial charge in [-0.2, -0.15) is 0 Å². The van der Waals surface area contributed by atoms with Crippen molar-refractivity contribution in [3.8, 4) is 5.75 Å². The molecule has 3 rings (SSSR count). The number of ether oxygens (including phenoxy) is 2. The number of fused-ring (bicyclic) bond motifs is 2. The van der Waals surface area contributed by atoms with E-state index in [9.17, 15) is 14.4 Å². The summed E-state index contributed by atoms with van der Waals surface area (Å²) in [5.41, 5.74) is -0.406. The summed E-state index contributed by atoms with van der Waals surface area (Å²) < 4.78 is 12.1. The molecular weight excluding hydrogens is 290 g/mol. The highest BCUT2D eigenvalue weighted by molar-refractivity contribution is 5.97. The third-order valence-corrected chi connectivity index (χ3v) is 3.88. The molecule has 1 atom stereocenters. The number of nitrogens with zero attached hydrogens (tertiary/aromatic N) is 3. The molecule has 118 valence electrons. The Morgan fingerprint density at radius 2 is 2.23 bits per heavy atom. The quantitative estimate of drug-likeness (QED) is 0.688. The first kappa shape index (κ1) is 14.6. The van der Waals surface area contributed by atoms with Gasteiger partial charge in [-0.15, -0.1) is 0 Å². The summed E-state index contributed by atoms with van der Waals surface area (Å²) in [4.78, 5) is 38.0. The van der Waals surface area contributed by atoms with Crippen LogP contribution in [0.5, 0.6) is 5.75 Å². The maximum atomic E-state index is 12.7. The van der Waals surface area contributed by atoms with Crippen molar-refractivity contribution >= 4 is 11.9 Å². The highest BCUT2D eigenvalue weighted by Gasteiger charge is 2.40. The molecule has 8 nitrogen and oxygen atoms in total. The largest absolute Gasteiger partial charge is 0.420 e. The number of hydrogen-bond donors (Lipinski definition) is 0. The zero-order valence-electron chi connectivity index (χ0n) is 12.4. The molecule has 0 spiro atoms. The van der Waals surface area contributed by atoms with E-state index in [-0.39, 0.29) is 29.9 Å². The average Bonchev–Trinajstić information content (AvgIpc) is 2.54. The molecule has 0 aromatic carbocycles. The van der Waals surface area contributed by atoms with Gasteiger partial charge in [0.05, 0.1) is 13.2 Å². The van der Waals surface area contributed by atoms with Crippen LogP contribution in [-0.2, 0) is 9.53 Å². The van der Waals surface area contributed by atoms with Crippen molar-refractivity contribution in [1.29, 1.82) is 0 Å². The van der Waals surface area contributed by atoms with Gasteiger partial charge in [0.15, 0.2) is 5.69 Å². The number of rotatable bonds is 2. The van der Waals surface area contributed by atoms with Gasteiger partial charge in [-0.1, -0.05) is 6.92 Å². The van der Waals surface area contributed by atoms with E-state index in [0.717, 1.165) is 0 Å². The summed E-state index contributed by atoms with van der Waals surface area (Å²) in [7, 11) is 1.79. The summed E-state index contributed by atoms with van der Waals surface area (Å²) in [5, 5.41) is 1.79. The second-order valence-electron chi connectivity index (χ2n) is 5.16. The predicted octanol–water partition coefficient (Wildman–Crippen LogP) is -0.456. The van der Waals surface area contributed by atoms with Gasteiger partial charge in [-0.25, -0.2) is 0 Å². The van der Waals surface area contributed by atoms with E-state index in [2.05, 4.69) is 0 Å². The second kappa shape index (κ2) is 5.45. The van der Waals surface area contributed by atoms with Gasteiger partial charge < -0.3 is 14.4 Å². The summed E-state index contributed by atoms with van der Waals surface area (Å²) in [5.74, 6) is -1.09. The first-order chi connectivity index (χ1) is 10.5. The van der Waals surface area contributed by atoms with E-state index < -0.39 is 11.4 Å². The zero-order chi connectivity index (χ0) is 15.9. The maximum Gasteiger partial charge on any atom is 0.311 e. The topological polar surface area (TPSA) is 81.1 Å². The standard InChI is InChI=1S/C14H17N3O5/c1-3-11(19)22-13-9(18)4-5-17-12(13)14(20)16-6-7-21-8-10(16)15(17)2/h4-5,10H,3,6-8H2,1-2H3/t10-/m0/s1. The van der Waals surface area contributed by atoms with Crippen molar-refractivity contribution in [3.63, 3.8) is 0 Å². The van der Waals surface area contributed by atoms with Crippen molar-refractivity contribution in [3.05, 3.63) is 28.2 Å². The van der Waals surface area contributed by atoms with Gasteiger partial charge >= 0.3 is 5.97 Å². The van der Waals surface area contributed by atoms with Crippen LogP contribution in [0.1, 0.15) is 23.8 Å². The van der Waals surface area contributed by atoms with Crippen LogP contribution in [-0.4, -0.2) is 54.4 Å². The number of carbonyl (C=O) groups excluding carboxylic acids is 2. The van der Waals surface area contributed by atoms with Gasteiger partial charge in [-0.05, 0) is 0 Å². The first-order valence-electron chi connectivity index (χ1n) is 7.12. The van der Waals surface area contributed by atoms with Crippen LogP contribution in [0.25, 0.3) is 0 Å². The summed E-state index contributed by atoms with van der Waals surface area (Å²) >= 11 is 0. The van der Waals surface area contributed by atoms with Gasteiger partial charge in [0.25, 0.3) is 5.91 Å². The average molecular weight is 307 g/mol. The van der Waals surface area contributed by atoms with Crippen LogP contribution in [0, 0.1) is 0 Å². The van der Waals surface area contributed by atoms with E-state index in [0.29, 0.717) is 19.8 Å². The fraction of sp³-hybridized carbons (Fsp3) is 0.500. The third kappa shape index (κ3) is 2.16. The monoisotopic (exact) mass is 307 g/mol. The molecule has 1 fully saturated rings. The van der Waals surface area contributed by atoms with Crippen LogP contribution in [0.2, 0.25) is 0 Å². The molecule has 0 unspecified atom stereocenters. The van der Waals surface area contributed by atoms with E-state index in [1.807, 2.05) is 0 Å². The molecule has 2 aliphatic heterocycles. The Balaban J connectivity index is 2.13. The number of aromatic nitrogens is 1. The van der Waals surface area contributed by atoms with Crippen LogP contribution < -0.4 is 15.2 Å². The summed E-state index contributed by atoms with van der Waals surface area (Å²) in [6.07, 6.45) is 1.38. The van der Waals surface area contributed by atoms with Gasteiger partial charge in [0.2, 0.25) is 11.2 Å². The molecule has 8 heteroatoms. The van der Waals surface area contributed by atoms with Gasteiger partial charge in [0.1, 0.15) is 6.17 Å². The van der Waals surface area contributed by atoms with Crippen LogP contribution >= 0.6 is 0 Å². The van der Waals surface area contributed by atoms with Gasteiger partial charge in [0, 0.05) is 32.3 Å². The lowest BCUT2D eigenvalue weighted by Gasteiger charge is -2.46. The smallest absolute Gasteiger partial charge is 0.311 e. The van der Waals surface area contributed by atoms with Crippen LogP contribution in [0.4, 0.5) is 0 Å². The first-order valence-corrected chi connectivity index (χ1v) is 7.12. The lowest BCUT2D eigenvalue weighted by molar-refractivity contribution is -0.134. The zero-order valence-corrected chi connectivity index (χ0v) is 12.4. The highest BCUT2D eigenvalue weighted by Crippen LogP contribution is 2.25. The van der Waals surface area contributed by atoms with E-state index >= 15 is 0 Å².